The summed E-state index contributed by atoms with van der Waals surface area (Å²) in [5.41, 5.74) is 1.28. The van der Waals surface area contributed by atoms with Crippen molar-refractivity contribution in [3.05, 3.63) is 18.1 Å². The maximum Gasteiger partial charge on any atom is 0.144 e. The largest absolute Gasteiger partial charge is 0.369 e. The number of nitrogens with zero attached hydrogens (tertiary/aromatic N) is 4. The molecule has 0 bridgehead atoms. The fourth-order valence-corrected chi connectivity index (χ4v) is 2.41. The molecule has 2 heterocycles. The van der Waals surface area contributed by atoms with Crippen LogP contribution < -0.4 is 5.32 Å². The third-order valence-electron chi connectivity index (χ3n) is 3.84. The second-order valence-corrected chi connectivity index (χ2v) is 5.87. The number of anilines is 1. The topological polar surface area (TPSA) is 44.3 Å². The fourth-order valence-electron chi connectivity index (χ4n) is 2.41. The van der Waals surface area contributed by atoms with E-state index < -0.39 is 0 Å². The van der Waals surface area contributed by atoms with Crippen molar-refractivity contribution < 1.29 is 0 Å². The molecule has 5 heteroatoms. The highest BCUT2D eigenvalue weighted by Crippen LogP contribution is 2.19. The van der Waals surface area contributed by atoms with E-state index >= 15 is 0 Å². The number of hydrogen-bond acceptors (Lipinski definition) is 5. The number of rotatable bonds is 4. The molecule has 1 aromatic heterocycles. The lowest BCUT2D eigenvalue weighted by atomic mass is 10.00. The van der Waals surface area contributed by atoms with Gasteiger partial charge < -0.3 is 5.32 Å². The molecule has 1 N–H and O–H groups in total. The quantitative estimate of drug-likeness (QED) is 0.890. The maximum atomic E-state index is 4.48. The summed E-state index contributed by atoms with van der Waals surface area (Å²) < 4.78 is 0. The summed E-state index contributed by atoms with van der Waals surface area (Å²) in [6.07, 6.45) is 3.70. The van der Waals surface area contributed by atoms with Crippen LogP contribution in [0.15, 0.2) is 12.4 Å². The van der Waals surface area contributed by atoms with Crippen LogP contribution in [0.5, 0.6) is 0 Å². The number of nitrogens with one attached hydrogen (secondary N) is 1. The zero-order valence-electron chi connectivity index (χ0n) is 12.5. The maximum absolute atomic E-state index is 4.48. The molecule has 1 aliphatic heterocycles. The van der Waals surface area contributed by atoms with Crippen LogP contribution in [0.4, 0.5) is 5.82 Å². The summed E-state index contributed by atoms with van der Waals surface area (Å²) in [7, 11) is 2.20. The SMILES string of the molecule is CCNc1cnc(CN2CCN(C)C(C)(C)C2)cn1. The van der Waals surface area contributed by atoms with Crippen molar-refractivity contribution in [2.75, 3.05) is 38.5 Å². The molecule has 2 rings (SSSR count). The first-order valence-electron chi connectivity index (χ1n) is 6.99. The molecule has 0 saturated carbocycles. The summed E-state index contributed by atoms with van der Waals surface area (Å²) in [4.78, 5) is 13.7. The highest BCUT2D eigenvalue weighted by atomic mass is 15.3. The van der Waals surface area contributed by atoms with Crippen LogP contribution >= 0.6 is 0 Å². The number of piperazine rings is 1. The number of likely N-dealkylation sites (N-methyl/N-ethyl adjacent to an activating group) is 1. The molecule has 1 fully saturated rings. The van der Waals surface area contributed by atoms with E-state index in [1.165, 1.54) is 0 Å². The average molecular weight is 263 g/mol. The zero-order valence-corrected chi connectivity index (χ0v) is 12.5. The smallest absolute Gasteiger partial charge is 0.144 e. The Hall–Kier alpha value is -1.20. The van der Waals surface area contributed by atoms with Crippen LogP contribution in [0, 0.1) is 0 Å². The molecule has 5 nitrogen and oxygen atoms in total. The van der Waals surface area contributed by atoms with Crippen LogP contribution in [0.2, 0.25) is 0 Å². The molecule has 0 aliphatic carbocycles. The van der Waals surface area contributed by atoms with Gasteiger partial charge in [-0.25, -0.2) is 4.98 Å². The summed E-state index contributed by atoms with van der Waals surface area (Å²) >= 11 is 0. The molecule has 0 spiro atoms. The van der Waals surface area contributed by atoms with Crippen molar-refractivity contribution in [1.82, 2.24) is 19.8 Å². The van der Waals surface area contributed by atoms with Gasteiger partial charge in [-0.15, -0.1) is 0 Å². The molecule has 0 radical (unpaired) electrons. The summed E-state index contributed by atoms with van der Waals surface area (Å²) in [6.45, 7) is 11.7. The summed E-state index contributed by atoms with van der Waals surface area (Å²) in [5.74, 6) is 0.852. The van der Waals surface area contributed by atoms with Crippen molar-refractivity contribution in [1.29, 1.82) is 0 Å². The minimum Gasteiger partial charge on any atom is -0.369 e. The minimum atomic E-state index is 0.232. The lowest BCUT2D eigenvalue weighted by Gasteiger charge is -2.45. The van der Waals surface area contributed by atoms with E-state index in [4.69, 9.17) is 0 Å². The average Bonchev–Trinajstić information content (AvgIpc) is 2.36. The van der Waals surface area contributed by atoms with Gasteiger partial charge in [0, 0.05) is 38.3 Å². The van der Waals surface area contributed by atoms with Crippen LogP contribution in [-0.2, 0) is 6.54 Å². The first kappa shape index (κ1) is 14.2. The molecule has 0 unspecified atom stereocenters. The van der Waals surface area contributed by atoms with Crippen molar-refractivity contribution >= 4 is 5.82 Å². The minimum absolute atomic E-state index is 0.232. The van der Waals surface area contributed by atoms with Crippen LogP contribution in [0.1, 0.15) is 26.5 Å². The molecular formula is C14H25N5. The third-order valence-corrected chi connectivity index (χ3v) is 3.84. The van der Waals surface area contributed by atoms with Gasteiger partial charge in [-0.2, -0.15) is 0 Å². The molecule has 1 aliphatic rings. The lowest BCUT2D eigenvalue weighted by Crippen LogP contribution is -2.57. The van der Waals surface area contributed by atoms with Crippen molar-refractivity contribution in [3.63, 3.8) is 0 Å². The first-order chi connectivity index (χ1) is 9.01. The molecule has 0 atom stereocenters. The van der Waals surface area contributed by atoms with Crippen molar-refractivity contribution in [2.45, 2.75) is 32.9 Å². The second-order valence-electron chi connectivity index (χ2n) is 5.87. The van der Waals surface area contributed by atoms with Gasteiger partial charge in [0.15, 0.2) is 0 Å². The van der Waals surface area contributed by atoms with Crippen LogP contribution in [0.3, 0.4) is 0 Å². The Morgan fingerprint density at radius 1 is 1.26 bits per heavy atom. The first-order valence-corrected chi connectivity index (χ1v) is 6.99. The number of aromatic nitrogens is 2. The zero-order chi connectivity index (χ0) is 13.9. The van der Waals surface area contributed by atoms with E-state index in [0.29, 0.717) is 0 Å². The highest BCUT2D eigenvalue weighted by molar-refractivity contribution is 5.30. The molecule has 0 aromatic carbocycles. The lowest BCUT2D eigenvalue weighted by molar-refractivity contribution is 0.0353. The summed E-state index contributed by atoms with van der Waals surface area (Å²) in [6, 6.07) is 0. The Kier molecular flexibility index (Phi) is 4.37. The molecule has 1 aromatic rings. The van der Waals surface area contributed by atoms with Gasteiger partial charge in [-0.1, -0.05) is 0 Å². The molecular weight excluding hydrogens is 238 g/mol. The van der Waals surface area contributed by atoms with Gasteiger partial charge in [0.25, 0.3) is 0 Å². The van der Waals surface area contributed by atoms with Gasteiger partial charge in [-0.05, 0) is 27.8 Å². The van der Waals surface area contributed by atoms with E-state index in [9.17, 15) is 0 Å². The fraction of sp³-hybridized carbons (Fsp3) is 0.714. The predicted molar refractivity (Wildman–Crippen MR) is 78.2 cm³/mol. The van der Waals surface area contributed by atoms with E-state index in [1.807, 2.05) is 12.4 Å². The van der Waals surface area contributed by atoms with E-state index in [1.54, 1.807) is 0 Å². The van der Waals surface area contributed by atoms with Crippen LogP contribution in [0.25, 0.3) is 0 Å². The Morgan fingerprint density at radius 3 is 2.63 bits per heavy atom. The Labute approximate surface area is 116 Å². The molecule has 106 valence electrons. The summed E-state index contributed by atoms with van der Waals surface area (Å²) in [5, 5.41) is 3.16. The van der Waals surface area contributed by atoms with Gasteiger partial charge in [-0.3, -0.25) is 14.8 Å². The number of hydrogen-bond donors (Lipinski definition) is 1. The highest BCUT2D eigenvalue weighted by Gasteiger charge is 2.30. The van der Waals surface area contributed by atoms with E-state index in [0.717, 1.165) is 44.2 Å². The van der Waals surface area contributed by atoms with Gasteiger partial charge >= 0.3 is 0 Å². The standard InChI is InChI=1S/C14H25N5/c1-5-15-13-9-16-12(8-17-13)10-19-7-6-18(4)14(2,3)11-19/h8-9H,5-7,10-11H2,1-4H3,(H,15,17). The Balaban J connectivity index is 1.94. The van der Waals surface area contributed by atoms with Crippen molar-refractivity contribution in [3.8, 4) is 0 Å². The third kappa shape index (κ3) is 3.64. The molecule has 19 heavy (non-hydrogen) atoms. The molecule has 0 amide bonds. The Morgan fingerprint density at radius 2 is 2.05 bits per heavy atom. The predicted octanol–water partition coefficient (Wildman–Crippen LogP) is 1.43. The van der Waals surface area contributed by atoms with Gasteiger partial charge in [0.05, 0.1) is 18.1 Å². The van der Waals surface area contributed by atoms with E-state index in [2.05, 4.69) is 52.9 Å². The Bertz CT molecular complexity index is 401. The normalized spacial score (nSPS) is 20.4. The van der Waals surface area contributed by atoms with Gasteiger partial charge in [0.2, 0.25) is 0 Å². The van der Waals surface area contributed by atoms with E-state index in [-0.39, 0.29) is 5.54 Å². The van der Waals surface area contributed by atoms with Crippen molar-refractivity contribution in [2.24, 2.45) is 0 Å². The van der Waals surface area contributed by atoms with Crippen LogP contribution in [-0.4, -0.2) is 58.5 Å². The van der Waals surface area contributed by atoms with Gasteiger partial charge in [0.1, 0.15) is 5.82 Å². The molecule has 1 saturated heterocycles. The second kappa shape index (κ2) is 5.84. The monoisotopic (exact) mass is 263 g/mol.